The quantitative estimate of drug-likeness (QED) is 0.554. The summed E-state index contributed by atoms with van der Waals surface area (Å²) in [5.74, 6) is 1.30. The van der Waals surface area contributed by atoms with Crippen LogP contribution in [0.5, 0.6) is 0 Å². The van der Waals surface area contributed by atoms with Gasteiger partial charge in [0.15, 0.2) is 11.5 Å². The van der Waals surface area contributed by atoms with Crippen molar-refractivity contribution in [2.24, 2.45) is 5.10 Å². The molecular formula is C24H29N9O. The lowest BCUT2D eigenvalue weighted by Gasteiger charge is -2.34. The predicted molar refractivity (Wildman–Crippen MR) is 129 cm³/mol. The van der Waals surface area contributed by atoms with E-state index in [1.807, 2.05) is 11.2 Å². The standard InChI is InChI=1S/C24H29N9O/c1-4-6-20-21(11-19-8-10-28-33(19)22-18(12-25)7-5-9-26-22)27-15-32-23(20)29-24(30-32)31-13-16(2)34-17(3)14-31/h5,7,9-10,15-17,19H,4,6,8,11,13-14H2,1-3H3. The van der Waals surface area contributed by atoms with Crippen molar-refractivity contribution in [3.8, 4) is 6.07 Å². The maximum absolute atomic E-state index is 9.52. The van der Waals surface area contributed by atoms with Gasteiger partial charge < -0.3 is 9.64 Å². The molecule has 0 radical (unpaired) electrons. The normalized spacial score (nSPS) is 22.5. The Labute approximate surface area is 198 Å². The monoisotopic (exact) mass is 459 g/mol. The Morgan fingerprint density at radius 1 is 1.21 bits per heavy atom. The van der Waals surface area contributed by atoms with Crippen LogP contribution < -0.4 is 9.91 Å². The Morgan fingerprint density at radius 2 is 2.03 bits per heavy atom. The van der Waals surface area contributed by atoms with Crippen molar-refractivity contribution in [2.45, 2.75) is 64.7 Å². The van der Waals surface area contributed by atoms with Crippen molar-refractivity contribution in [2.75, 3.05) is 23.0 Å². The van der Waals surface area contributed by atoms with Crippen LogP contribution in [0.1, 0.15) is 50.4 Å². The highest BCUT2D eigenvalue weighted by molar-refractivity contribution is 5.68. The molecular weight excluding hydrogens is 430 g/mol. The summed E-state index contributed by atoms with van der Waals surface area (Å²) < 4.78 is 7.67. The van der Waals surface area contributed by atoms with Crippen molar-refractivity contribution < 1.29 is 4.74 Å². The van der Waals surface area contributed by atoms with E-state index in [1.165, 1.54) is 0 Å². The van der Waals surface area contributed by atoms with Crippen LogP contribution in [0.25, 0.3) is 5.65 Å². The molecule has 3 aromatic heterocycles. The molecule has 0 spiro atoms. The molecule has 3 atom stereocenters. The van der Waals surface area contributed by atoms with Crippen LogP contribution in [0, 0.1) is 11.3 Å². The minimum atomic E-state index is 0.0379. The molecule has 0 aromatic carbocycles. The summed E-state index contributed by atoms with van der Waals surface area (Å²) in [6, 6.07) is 5.80. The van der Waals surface area contributed by atoms with Gasteiger partial charge in [0.2, 0.25) is 5.95 Å². The number of hydrazone groups is 1. The summed E-state index contributed by atoms with van der Waals surface area (Å²) in [5, 5.41) is 20.6. The van der Waals surface area contributed by atoms with Crippen molar-refractivity contribution in [1.29, 1.82) is 5.26 Å². The van der Waals surface area contributed by atoms with Crippen LogP contribution in [0.3, 0.4) is 0 Å². The number of anilines is 2. The van der Waals surface area contributed by atoms with Gasteiger partial charge in [0.05, 0.1) is 29.5 Å². The fourth-order valence-corrected chi connectivity index (χ4v) is 4.83. The number of morpholine rings is 1. The topological polar surface area (TPSA) is 108 Å². The molecule has 10 nitrogen and oxygen atoms in total. The molecule has 3 unspecified atom stereocenters. The molecule has 1 saturated heterocycles. The van der Waals surface area contributed by atoms with E-state index < -0.39 is 0 Å². The van der Waals surface area contributed by atoms with Crippen LogP contribution in [-0.4, -0.2) is 62.1 Å². The summed E-state index contributed by atoms with van der Waals surface area (Å²) in [5.41, 5.74) is 3.48. The summed E-state index contributed by atoms with van der Waals surface area (Å²) in [4.78, 5) is 16.4. The second-order valence-electron chi connectivity index (χ2n) is 8.98. The second-order valence-corrected chi connectivity index (χ2v) is 8.98. The Kier molecular flexibility index (Phi) is 6.11. The zero-order chi connectivity index (χ0) is 23.7. The van der Waals surface area contributed by atoms with E-state index in [4.69, 9.17) is 19.8 Å². The molecule has 10 heteroatoms. The zero-order valence-electron chi connectivity index (χ0n) is 19.8. The lowest BCUT2D eigenvalue weighted by atomic mass is 10.0. The van der Waals surface area contributed by atoms with E-state index in [0.717, 1.165) is 55.2 Å². The Hall–Kier alpha value is -3.58. The molecule has 0 bridgehead atoms. The average molecular weight is 460 g/mol. The summed E-state index contributed by atoms with van der Waals surface area (Å²) in [6.45, 7) is 7.85. The number of nitriles is 1. The van der Waals surface area contributed by atoms with Crippen LogP contribution >= 0.6 is 0 Å². The Bertz CT molecular complexity index is 1240. The van der Waals surface area contributed by atoms with Gasteiger partial charge in [0.1, 0.15) is 12.4 Å². The van der Waals surface area contributed by atoms with Crippen molar-refractivity contribution in [1.82, 2.24) is 24.6 Å². The number of fused-ring (bicyclic) bond motifs is 1. The highest BCUT2D eigenvalue weighted by atomic mass is 16.5. The third-order valence-corrected chi connectivity index (χ3v) is 6.25. The van der Waals surface area contributed by atoms with Crippen LogP contribution in [0.4, 0.5) is 11.8 Å². The number of rotatable bonds is 6. The van der Waals surface area contributed by atoms with Crippen LogP contribution in [0.2, 0.25) is 0 Å². The number of ether oxygens (including phenoxy) is 1. The molecule has 5 rings (SSSR count). The Balaban J connectivity index is 1.46. The lowest BCUT2D eigenvalue weighted by Crippen LogP contribution is -2.46. The van der Waals surface area contributed by atoms with Gasteiger partial charge >= 0.3 is 0 Å². The van der Waals surface area contributed by atoms with E-state index in [2.05, 4.69) is 41.8 Å². The van der Waals surface area contributed by atoms with Crippen LogP contribution in [-0.2, 0) is 17.6 Å². The summed E-state index contributed by atoms with van der Waals surface area (Å²) in [7, 11) is 0. The third kappa shape index (κ3) is 4.19. The van der Waals surface area contributed by atoms with E-state index in [0.29, 0.717) is 17.8 Å². The average Bonchev–Trinajstić information content (AvgIpc) is 3.47. The van der Waals surface area contributed by atoms with E-state index >= 15 is 0 Å². The minimum Gasteiger partial charge on any atom is -0.372 e. The molecule has 34 heavy (non-hydrogen) atoms. The fourth-order valence-electron chi connectivity index (χ4n) is 4.83. The van der Waals surface area contributed by atoms with Gasteiger partial charge in [0, 0.05) is 43.9 Å². The van der Waals surface area contributed by atoms with Gasteiger partial charge in [-0.05, 0) is 32.4 Å². The van der Waals surface area contributed by atoms with Crippen molar-refractivity contribution >= 4 is 23.6 Å². The van der Waals surface area contributed by atoms with Gasteiger partial charge in [-0.1, -0.05) is 13.3 Å². The first-order valence-corrected chi connectivity index (χ1v) is 11.9. The molecule has 0 aliphatic carbocycles. The number of pyridine rings is 1. The van der Waals surface area contributed by atoms with Gasteiger partial charge in [-0.25, -0.2) is 19.5 Å². The second kappa shape index (κ2) is 9.35. The number of hydrogen-bond donors (Lipinski definition) is 0. The molecule has 0 N–H and O–H groups in total. The van der Waals surface area contributed by atoms with Gasteiger partial charge in [0.25, 0.3) is 0 Å². The Morgan fingerprint density at radius 3 is 2.79 bits per heavy atom. The predicted octanol–water partition coefficient (Wildman–Crippen LogP) is 2.76. The largest absolute Gasteiger partial charge is 0.372 e. The summed E-state index contributed by atoms with van der Waals surface area (Å²) >= 11 is 0. The fraction of sp³-hybridized carbons (Fsp3) is 0.500. The number of hydrogen-bond acceptors (Lipinski definition) is 9. The molecule has 5 heterocycles. The molecule has 3 aromatic rings. The summed E-state index contributed by atoms with van der Waals surface area (Å²) in [6.07, 6.45) is 8.90. The smallest absolute Gasteiger partial charge is 0.245 e. The molecule has 2 aliphatic rings. The third-order valence-electron chi connectivity index (χ3n) is 6.25. The molecule has 1 fully saturated rings. The van der Waals surface area contributed by atoms with Gasteiger partial charge in [-0.3, -0.25) is 0 Å². The van der Waals surface area contributed by atoms with E-state index in [1.54, 1.807) is 29.2 Å². The highest BCUT2D eigenvalue weighted by Crippen LogP contribution is 2.28. The lowest BCUT2D eigenvalue weighted by molar-refractivity contribution is -0.00570. The minimum absolute atomic E-state index is 0.0379. The number of aryl methyl sites for hydroxylation is 1. The number of nitrogens with zero attached hydrogens (tertiary/aromatic N) is 9. The molecule has 2 aliphatic heterocycles. The maximum Gasteiger partial charge on any atom is 0.245 e. The first kappa shape index (κ1) is 22.2. The van der Waals surface area contributed by atoms with Crippen LogP contribution in [0.15, 0.2) is 29.8 Å². The van der Waals surface area contributed by atoms with E-state index in [9.17, 15) is 5.26 Å². The van der Waals surface area contributed by atoms with Gasteiger partial charge in [-0.15, -0.1) is 5.10 Å². The highest BCUT2D eigenvalue weighted by Gasteiger charge is 2.29. The van der Waals surface area contributed by atoms with Crippen molar-refractivity contribution in [3.05, 3.63) is 41.5 Å². The molecule has 0 saturated carbocycles. The van der Waals surface area contributed by atoms with Crippen molar-refractivity contribution in [3.63, 3.8) is 0 Å². The maximum atomic E-state index is 9.52. The van der Waals surface area contributed by atoms with Gasteiger partial charge in [-0.2, -0.15) is 15.3 Å². The van der Waals surface area contributed by atoms with E-state index in [-0.39, 0.29) is 18.2 Å². The number of aromatic nitrogens is 5. The SMILES string of the molecule is CCCc1c(CC2CC=NN2c2ncccc2C#N)ncn2nc(N3CC(C)OC(C)C3)nc12. The molecule has 0 amide bonds. The first-order valence-electron chi connectivity index (χ1n) is 11.9. The first-order chi connectivity index (χ1) is 16.6. The zero-order valence-corrected chi connectivity index (χ0v) is 19.8. The molecule has 176 valence electrons.